The molecule has 4 rings (SSSR count). The molecule has 0 N–H and O–H groups in total. The predicted molar refractivity (Wildman–Crippen MR) is 126 cm³/mol. The monoisotopic (exact) mass is 473 g/mol. The Bertz CT molecular complexity index is 1600. The van der Waals surface area contributed by atoms with Crippen LogP contribution >= 0.6 is 0 Å². The minimum atomic E-state index is -4.17. The Morgan fingerprint density at radius 2 is 1.71 bits per heavy atom. The average molecular weight is 474 g/mol. The molecule has 34 heavy (non-hydrogen) atoms. The van der Waals surface area contributed by atoms with E-state index in [1.54, 1.807) is 67.6 Å². The molecule has 0 aliphatic rings. The number of benzene rings is 2. The van der Waals surface area contributed by atoms with Crippen molar-refractivity contribution in [3.05, 3.63) is 99.3 Å². The van der Waals surface area contributed by atoms with Crippen molar-refractivity contribution >= 4 is 21.6 Å². The molecule has 0 spiro atoms. The second-order valence-electron chi connectivity index (χ2n) is 7.24. The number of allylic oxidation sites excluding steroid dienone is 1. The highest BCUT2D eigenvalue weighted by atomic mass is 32.2. The summed E-state index contributed by atoms with van der Waals surface area (Å²) in [4.78, 5) is 17.2. The number of rotatable bonds is 6. The molecule has 0 radical (unpaired) electrons. The number of methoxy groups -OCH3 is 1. The molecule has 0 unspecified atom stereocenters. The first kappa shape index (κ1) is 22.8. The maximum Gasteiger partial charge on any atom is 0.269 e. The van der Waals surface area contributed by atoms with Gasteiger partial charge in [0.1, 0.15) is 33.7 Å². The van der Waals surface area contributed by atoms with Crippen molar-refractivity contribution in [3.8, 4) is 23.4 Å². The SMILES string of the molecule is COc1ccc(Oc2nc3c(C)cccn3c(=O)c2/C=C(/C#N)S(=O)(=O)c2ccccc2)cc1. The molecular formula is C25H19N3O5S. The van der Waals surface area contributed by atoms with Gasteiger partial charge in [0.2, 0.25) is 15.7 Å². The van der Waals surface area contributed by atoms with Gasteiger partial charge in [-0.2, -0.15) is 10.2 Å². The van der Waals surface area contributed by atoms with E-state index >= 15 is 0 Å². The average Bonchev–Trinajstić information content (AvgIpc) is 2.85. The van der Waals surface area contributed by atoms with Crippen molar-refractivity contribution < 1.29 is 17.9 Å². The normalized spacial score (nSPS) is 11.7. The van der Waals surface area contributed by atoms with Gasteiger partial charge in [-0.3, -0.25) is 9.20 Å². The van der Waals surface area contributed by atoms with Gasteiger partial charge in [-0.15, -0.1) is 0 Å². The maximum absolute atomic E-state index is 13.4. The summed E-state index contributed by atoms with van der Waals surface area (Å²) < 4.78 is 38.4. The highest BCUT2D eigenvalue weighted by molar-refractivity contribution is 7.95. The first-order valence-corrected chi connectivity index (χ1v) is 11.6. The summed E-state index contributed by atoms with van der Waals surface area (Å²) >= 11 is 0. The number of sulfone groups is 1. The Kier molecular flexibility index (Phi) is 6.17. The molecule has 2 aromatic heterocycles. The van der Waals surface area contributed by atoms with Crippen LogP contribution in [0.4, 0.5) is 0 Å². The summed E-state index contributed by atoms with van der Waals surface area (Å²) in [6, 6.07) is 19.3. The number of pyridine rings is 1. The van der Waals surface area contributed by atoms with Crippen LogP contribution in [0.15, 0.2) is 87.5 Å². The summed E-state index contributed by atoms with van der Waals surface area (Å²) in [5.74, 6) is 0.834. The van der Waals surface area contributed by atoms with Crippen LogP contribution < -0.4 is 15.0 Å². The fraction of sp³-hybridized carbons (Fsp3) is 0.0800. The Balaban J connectivity index is 1.94. The van der Waals surface area contributed by atoms with E-state index in [0.29, 0.717) is 22.7 Å². The van der Waals surface area contributed by atoms with Gasteiger partial charge in [0.15, 0.2) is 0 Å². The zero-order chi connectivity index (χ0) is 24.3. The third-order valence-electron chi connectivity index (χ3n) is 5.05. The molecule has 0 atom stereocenters. The Morgan fingerprint density at radius 1 is 1.03 bits per heavy atom. The number of hydrogen-bond acceptors (Lipinski definition) is 7. The fourth-order valence-corrected chi connectivity index (χ4v) is 4.44. The number of nitriles is 1. The number of aryl methyl sites for hydroxylation is 1. The molecule has 0 aliphatic carbocycles. The van der Waals surface area contributed by atoms with Crippen LogP contribution in [0.1, 0.15) is 11.1 Å². The van der Waals surface area contributed by atoms with Crippen molar-refractivity contribution in [2.45, 2.75) is 11.8 Å². The smallest absolute Gasteiger partial charge is 0.269 e. The van der Waals surface area contributed by atoms with Gasteiger partial charge in [0.25, 0.3) is 5.56 Å². The molecule has 2 heterocycles. The molecule has 8 nitrogen and oxygen atoms in total. The lowest BCUT2D eigenvalue weighted by atomic mass is 10.2. The predicted octanol–water partition coefficient (Wildman–Crippen LogP) is 4.14. The number of nitrogens with zero attached hydrogens (tertiary/aromatic N) is 3. The van der Waals surface area contributed by atoms with Crippen LogP contribution in [0.5, 0.6) is 17.4 Å². The molecule has 9 heteroatoms. The highest BCUT2D eigenvalue weighted by Gasteiger charge is 2.23. The van der Waals surface area contributed by atoms with E-state index in [2.05, 4.69) is 4.98 Å². The minimum absolute atomic E-state index is 0.0647. The van der Waals surface area contributed by atoms with E-state index in [0.717, 1.165) is 6.08 Å². The van der Waals surface area contributed by atoms with E-state index in [9.17, 15) is 18.5 Å². The molecule has 2 aromatic carbocycles. The first-order valence-electron chi connectivity index (χ1n) is 10.1. The number of aromatic nitrogens is 2. The van der Waals surface area contributed by atoms with Crippen molar-refractivity contribution in [1.29, 1.82) is 5.26 Å². The van der Waals surface area contributed by atoms with Gasteiger partial charge in [0, 0.05) is 6.20 Å². The summed E-state index contributed by atoms with van der Waals surface area (Å²) in [5.41, 5.74) is 0.313. The van der Waals surface area contributed by atoms with Crippen LogP contribution in [0.3, 0.4) is 0 Å². The minimum Gasteiger partial charge on any atom is -0.497 e. The van der Waals surface area contributed by atoms with Gasteiger partial charge in [-0.05, 0) is 61.0 Å². The van der Waals surface area contributed by atoms with Gasteiger partial charge in [0.05, 0.1) is 12.0 Å². The van der Waals surface area contributed by atoms with Crippen molar-refractivity contribution in [3.63, 3.8) is 0 Å². The molecule has 0 aliphatic heterocycles. The fourth-order valence-electron chi connectivity index (χ4n) is 3.28. The Morgan fingerprint density at radius 3 is 2.35 bits per heavy atom. The van der Waals surface area contributed by atoms with Gasteiger partial charge >= 0.3 is 0 Å². The molecule has 0 fully saturated rings. The zero-order valence-corrected chi connectivity index (χ0v) is 19.1. The lowest BCUT2D eigenvalue weighted by Crippen LogP contribution is -2.20. The van der Waals surface area contributed by atoms with E-state index in [1.807, 2.05) is 0 Å². The number of hydrogen-bond donors (Lipinski definition) is 0. The topological polar surface area (TPSA) is 111 Å². The van der Waals surface area contributed by atoms with Gasteiger partial charge < -0.3 is 9.47 Å². The first-order chi connectivity index (χ1) is 16.3. The van der Waals surface area contributed by atoms with E-state index in [1.165, 1.54) is 29.8 Å². The Hall–Kier alpha value is -4.42. The van der Waals surface area contributed by atoms with Crippen LogP contribution in [0.25, 0.3) is 11.7 Å². The largest absolute Gasteiger partial charge is 0.497 e. The molecule has 0 saturated heterocycles. The highest BCUT2D eigenvalue weighted by Crippen LogP contribution is 2.28. The number of ether oxygens (including phenoxy) is 2. The summed E-state index contributed by atoms with van der Waals surface area (Å²) in [6.07, 6.45) is 2.52. The molecule has 0 bridgehead atoms. The van der Waals surface area contributed by atoms with Crippen LogP contribution in [-0.2, 0) is 9.84 Å². The standard InChI is InChI=1S/C25H19N3O5S/c1-17-7-6-14-28-23(17)27-24(33-19-12-10-18(32-2)11-13-19)22(25(28)29)15-21(16-26)34(30,31)20-8-4-3-5-9-20/h3-15H,1-2H3/b21-15-. The summed E-state index contributed by atoms with van der Waals surface area (Å²) in [7, 11) is -2.64. The zero-order valence-electron chi connectivity index (χ0n) is 18.3. The second-order valence-corrected chi connectivity index (χ2v) is 9.15. The molecule has 4 aromatic rings. The van der Waals surface area contributed by atoms with Gasteiger partial charge in [-0.1, -0.05) is 24.3 Å². The van der Waals surface area contributed by atoms with E-state index < -0.39 is 20.3 Å². The third kappa shape index (κ3) is 4.27. The maximum atomic E-state index is 13.4. The molecular weight excluding hydrogens is 454 g/mol. The van der Waals surface area contributed by atoms with E-state index in [4.69, 9.17) is 9.47 Å². The molecule has 0 saturated carbocycles. The van der Waals surface area contributed by atoms with Crippen molar-refractivity contribution in [2.75, 3.05) is 7.11 Å². The number of fused-ring (bicyclic) bond motifs is 1. The van der Waals surface area contributed by atoms with E-state index in [-0.39, 0.29) is 16.3 Å². The second kappa shape index (κ2) is 9.21. The molecule has 170 valence electrons. The molecule has 0 amide bonds. The van der Waals surface area contributed by atoms with Crippen molar-refractivity contribution in [2.24, 2.45) is 0 Å². The van der Waals surface area contributed by atoms with Crippen LogP contribution in [0, 0.1) is 18.3 Å². The van der Waals surface area contributed by atoms with Crippen LogP contribution in [0.2, 0.25) is 0 Å². The quantitative estimate of drug-likeness (QED) is 0.387. The van der Waals surface area contributed by atoms with Crippen molar-refractivity contribution in [1.82, 2.24) is 9.38 Å². The van der Waals surface area contributed by atoms with Crippen LogP contribution in [-0.4, -0.2) is 24.9 Å². The lowest BCUT2D eigenvalue weighted by Gasteiger charge is -2.12. The summed E-state index contributed by atoms with van der Waals surface area (Å²) in [6.45, 7) is 1.79. The Labute approximate surface area is 195 Å². The third-order valence-corrected chi connectivity index (χ3v) is 6.73. The van der Waals surface area contributed by atoms with Gasteiger partial charge in [-0.25, -0.2) is 8.42 Å². The summed E-state index contributed by atoms with van der Waals surface area (Å²) in [5, 5.41) is 9.69. The lowest BCUT2D eigenvalue weighted by molar-refractivity contribution is 0.412.